The Kier molecular flexibility index (Phi) is 2.84. The molecule has 52 valence electrons. The normalized spacial score (nSPS) is 9.30. The first-order valence-corrected chi connectivity index (χ1v) is 3.93. The Bertz CT molecular complexity index is 218. The third-order valence-electron chi connectivity index (χ3n) is 1.22. The number of alkyl halides is 1. The van der Waals surface area contributed by atoms with Crippen LogP contribution in [0.1, 0.15) is 5.56 Å². The molecule has 1 rings (SSSR count). The summed E-state index contributed by atoms with van der Waals surface area (Å²) < 4.78 is 0. The predicted octanol–water partition coefficient (Wildman–Crippen LogP) is 2.64. The molecule has 10 heavy (non-hydrogen) atoms. The van der Waals surface area contributed by atoms with E-state index in [4.69, 9.17) is 23.8 Å². The molecular weight excluding hydrogens is 164 g/mol. The zero-order chi connectivity index (χ0) is 7.40. The Morgan fingerprint density at radius 3 is 2.40 bits per heavy atom. The fraction of sp³-hybridized carbons (Fsp3) is 0.125. The zero-order valence-electron chi connectivity index (χ0n) is 5.38. The lowest BCUT2D eigenvalue weighted by atomic mass is 10.2. The Labute approximate surface area is 70.8 Å². The van der Waals surface area contributed by atoms with Gasteiger partial charge in [-0.3, -0.25) is 0 Å². The molecule has 0 fully saturated rings. The molecule has 0 aromatic heterocycles. The largest absolute Gasteiger partial charge is 0.121 e. The van der Waals surface area contributed by atoms with Crippen molar-refractivity contribution in [2.45, 2.75) is 0 Å². The van der Waals surface area contributed by atoms with Gasteiger partial charge >= 0.3 is 0 Å². The van der Waals surface area contributed by atoms with Gasteiger partial charge in [0, 0.05) is 4.86 Å². The Morgan fingerprint density at radius 1 is 1.30 bits per heavy atom. The molecule has 0 amide bonds. The van der Waals surface area contributed by atoms with Crippen LogP contribution in [0.25, 0.3) is 0 Å². The first-order chi connectivity index (χ1) is 4.84. The summed E-state index contributed by atoms with van der Waals surface area (Å²) in [5, 5.41) is 0. The highest BCUT2D eigenvalue weighted by Gasteiger charge is 1.95. The molecule has 1 aromatic rings. The van der Waals surface area contributed by atoms with Gasteiger partial charge in [-0.2, -0.15) is 0 Å². The molecule has 0 aliphatic carbocycles. The van der Waals surface area contributed by atoms with Crippen molar-refractivity contribution >= 4 is 28.7 Å². The van der Waals surface area contributed by atoms with E-state index in [1.165, 1.54) is 0 Å². The van der Waals surface area contributed by atoms with Gasteiger partial charge in [0.05, 0.1) is 5.88 Å². The highest BCUT2D eigenvalue weighted by molar-refractivity contribution is 7.81. The van der Waals surface area contributed by atoms with Gasteiger partial charge in [-0.05, 0) is 5.56 Å². The first kappa shape index (κ1) is 7.70. The smallest absolute Gasteiger partial charge is 0.0582 e. The van der Waals surface area contributed by atoms with Gasteiger partial charge in [-0.25, -0.2) is 0 Å². The van der Waals surface area contributed by atoms with Gasteiger partial charge in [0.25, 0.3) is 0 Å². The SMILES string of the molecule is S=C(CCl)c1ccccc1. The van der Waals surface area contributed by atoms with Crippen molar-refractivity contribution in [2.24, 2.45) is 0 Å². The van der Waals surface area contributed by atoms with Crippen molar-refractivity contribution < 1.29 is 0 Å². The number of hydrogen-bond acceptors (Lipinski definition) is 1. The molecule has 0 aliphatic rings. The van der Waals surface area contributed by atoms with E-state index in [-0.39, 0.29) is 0 Å². The molecule has 1 aromatic carbocycles. The minimum atomic E-state index is 0.430. The van der Waals surface area contributed by atoms with Crippen LogP contribution < -0.4 is 0 Å². The second kappa shape index (κ2) is 3.69. The predicted molar refractivity (Wildman–Crippen MR) is 48.9 cm³/mol. The lowest BCUT2D eigenvalue weighted by Crippen LogP contribution is -1.96. The van der Waals surface area contributed by atoms with Crippen LogP contribution in [0, 0.1) is 0 Å². The summed E-state index contributed by atoms with van der Waals surface area (Å²) in [7, 11) is 0. The summed E-state index contributed by atoms with van der Waals surface area (Å²) in [5.41, 5.74) is 1.05. The summed E-state index contributed by atoms with van der Waals surface area (Å²) in [6.45, 7) is 0. The molecule has 0 radical (unpaired) electrons. The van der Waals surface area contributed by atoms with Crippen LogP contribution in [0.15, 0.2) is 30.3 Å². The van der Waals surface area contributed by atoms with E-state index in [0.717, 1.165) is 10.4 Å². The molecule has 0 atom stereocenters. The molecule has 0 N–H and O–H groups in total. The van der Waals surface area contributed by atoms with Crippen molar-refractivity contribution in [1.29, 1.82) is 0 Å². The molecule has 0 bridgehead atoms. The van der Waals surface area contributed by atoms with Crippen molar-refractivity contribution in [2.75, 3.05) is 5.88 Å². The summed E-state index contributed by atoms with van der Waals surface area (Å²) in [4.78, 5) is 0.808. The number of halogens is 1. The van der Waals surface area contributed by atoms with Crippen LogP contribution in [-0.4, -0.2) is 10.7 Å². The highest BCUT2D eigenvalue weighted by Crippen LogP contribution is 2.01. The van der Waals surface area contributed by atoms with Gasteiger partial charge in [0.1, 0.15) is 0 Å². The van der Waals surface area contributed by atoms with Gasteiger partial charge in [0.15, 0.2) is 0 Å². The van der Waals surface area contributed by atoms with E-state index in [2.05, 4.69) is 0 Å². The third-order valence-corrected chi connectivity index (χ3v) is 2.02. The second-order valence-electron chi connectivity index (χ2n) is 1.92. The molecule has 0 unspecified atom stereocenters. The van der Waals surface area contributed by atoms with Gasteiger partial charge in [-0.1, -0.05) is 42.5 Å². The number of rotatable bonds is 2. The fourth-order valence-electron chi connectivity index (χ4n) is 0.701. The molecule has 0 heterocycles. The molecule has 0 nitrogen and oxygen atoms in total. The number of hydrogen-bond donors (Lipinski definition) is 0. The van der Waals surface area contributed by atoms with Crippen molar-refractivity contribution in [3.05, 3.63) is 35.9 Å². The fourth-order valence-corrected chi connectivity index (χ4v) is 0.992. The van der Waals surface area contributed by atoms with Crippen LogP contribution in [0.5, 0.6) is 0 Å². The van der Waals surface area contributed by atoms with Crippen LogP contribution in [0.4, 0.5) is 0 Å². The summed E-state index contributed by atoms with van der Waals surface area (Å²) in [5.74, 6) is 0.430. The molecule has 2 heteroatoms. The van der Waals surface area contributed by atoms with Crippen LogP contribution in [0.3, 0.4) is 0 Å². The molecular formula is C8H7ClS. The maximum atomic E-state index is 5.55. The van der Waals surface area contributed by atoms with Crippen molar-refractivity contribution in [3.8, 4) is 0 Å². The molecule has 0 aliphatic heterocycles. The summed E-state index contributed by atoms with van der Waals surface area (Å²) in [6, 6.07) is 9.79. The van der Waals surface area contributed by atoms with Gasteiger partial charge in [0.2, 0.25) is 0 Å². The van der Waals surface area contributed by atoms with Crippen LogP contribution in [-0.2, 0) is 0 Å². The maximum Gasteiger partial charge on any atom is 0.0582 e. The van der Waals surface area contributed by atoms with E-state index >= 15 is 0 Å². The van der Waals surface area contributed by atoms with E-state index in [0.29, 0.717) is 5.88 Å². The third kappa shape index (κ3) is 1.79. The Hall–Kier alpha value is -0.400. The Balaban J connectivity index is 2.85. The molecule has 0 saturated carbocycles. The topological polar surface area (TPSA) is 0 Å². The molecule has 0 saturated heterocycles. The van der Waals surface area contributed by atoms with E-state index in [1.54, 1.807) is 0 Å². The van der Waals surface area contributed by atoms with Gasteiger partial charge in [-0.15, -0.1) is 11.6 Å². The second-order valence-corrected chi connectivity index (χ2v) is 2.68. The van der Waals surface area contributed by atoms with E-state index in [1.807, 2.05) is 30.3 Å². The number of thiocarbonyl (C=S) groups is 1. The van der Waals surface area contributed by atoms with Crippen LogP contribution in [0.2, 0.25) is 0 Å². The van der Waals surface area contributed by atoms with E-state index in [9.17, 15) is 0 Å². The average molecular weight is 171 g/mol. The average Bonchev–Trinajstić information content (AvgIpc) is 2.05. The lowest BCUT2D eigenvalue weighted by molar-refractivity contribution is 1.65. The summed E-state index contributed by atoms with van der Waals surface area (Å²) >= 11 is 10.5. The van der Waals surface area contributed by atoms with E-state index < -0.39 is 0 Å². The van der Waals surface area contributed by atoms with Gasteiger partial charge < -0.3 is 0 Å². The minimum absolute atomic E-state index is 0.430. The zero-order valence-corrected chi connectivity index (χ0v) is 6.95. The lowest BCUT2D eigenvalue weighted by Gasteiger charge is -1.96. The van der Waals surface area contributed by atoms with Crippen LogP contribution >= 0.6 is 23.8 Å². The Morgan fingerprint density at radius 2 is 1.90 bits per heavy atom. The first-order valence-electron chi connectivity index (χ1n) is 2.99. The minimum Gasteiger partial charge on any atom is -0.121 e. The maximum absolute atomic E-state index is 5.55. The standard InChI is InChI=1S/C8H7ClS/c9-6-8(10)7-4-2-1-3-5-7/h1-5H,6H2. The van der Waals surface area contributed by atoms with Crippen molar-refractivity contribution in [1.82, 2.24) is 0 Å². The number of benzene rings is 1. The quantitative estimate of drug-likeness (QED) is 0.374. The highest BCUT2D eigenvalue weighted by atomic mass is 35.5. The monoisotopic (exact) mass is 170 g/mol. The van der Waals surface area contributed by atoms with Crippen molar-refractivity contribution in [3.63, 3.8) is 0 Å². The summed E-state index contributed by atoms with van der Waals surface area (Å²) in [6.07, 6.45) is 0. The molecule has 0 spiro atoms.